The minimum Gasteiger partial charge on any atom is -0.489 e. The molecule has 3 rings (SSSR count). The van der Waals surface area contributed by atoms with Gasteiger partial charge in [0.05, 0.1) is 0 Å². The normalized spacial score (nSPS) is 11.5. The van der Waals surface area contributed by atoms with E-state index in [1.807, 2.05) is 6.07 Å². The second-order valence-electron chi connectivity index (χ2n) is 6.37. The minimum absolute atomic E-state index is 0.0402. The first kappa shape index (κ1) is 20.0. The van der Waals surface area contributed by atoms with Gasteiger partial charge in [0.25, 0.3) is 5.91 Å². The molecule has 0 bridgehead atoms. The van der Waals surface area contributed by atoms with Crippen molar-refractivity contribution in [2.45, 2.75) is 19.1 Å². The van der Waals surface area contributed by atoms with E-state index in [1.165, 1.54) is 24.3 Å². The highest BCUT2D eigenvalue weighted by Crippen LogP contribution is 2.16. The number of hydrogen-bond acceptors (Lipinski definition) is 4. The van der Waals surface area contributed by atoms with Crippen molar-refractivity contribution in [3.05, 3.63) is 95.6 Å². The highest BCUT2D eigenvalue weighted by molar-refractivity contribution is 5.97. The summed E-state index contributed by atoms with van der Waals surface area (Å²) in [6.07, 6.45) is 3.39. The van der Waals surface area contributed by atoms with Crippen LogP contribution in [0.5, 0.6) is 5.75 Å². The summed E-state index contributed by atoms with van der Waals surface area (Å²) in [6, 6.07) is 14.5. The van der Waals surface area contributed by atoms with E-state index in [2.05, 4.69) is 10.3 Å². The number of aromatic nitrogens is 1. The maximum Gasteiger partial charge on any atom is 0.326 e. The first-order valence-electron chi connectivity index (χ1n) is 8.91. The third-order valence-corrected chi connectivity index (χ3v) is 4.18. The maximum atomic E-state index is 13.0. The lowest BCUT2D eigenvalue weighted by molar-refractivity contribution is -0.139. The van der Waals surface area contributed by atoms with E-state index in [9.17, 15) is 19.1 Å². The molecule has 1 atom stereocenters. The Labute approximate surface area is 167 Å². The van der Waals surface area contributed by atoms with Crippen molar-refractivity contribution in [2.24, 2.45) is 0 Å². The van der Waals surface area contributed by atoms with Crippen LogP contribution in [-0.2, 0) is 17.8 Å². The van der Waals surface area contributed by atoms with Gasteiger partial charge in [0, 0.05) is 29.9 Å². The molecule has 1 unspecified atom stereocenters. The maximum absolute atomic E-state index is 13.0. The van der Waals surface area contributed by atoms with Crippen LogP contribution in [0.2, 0.25) is 0 Å². The largest absolute Gasteiger partial charge is 0.489 e. The van der Waals surface area contributed by atoms with Crippen LogP contribution in [0.25, 0.3) is 0 Å². The van der Waals surface area contributed by atoms with Gasteiger partial charge in [-0.15, -0.1) is 0 Å². The predicted molar refractivity (Wildman–Crippen MR) is 104 cm³/mol. The van der Waals surface area contributed by atoms with Gasteiger partial charge in [-0.25, -0.2) is 9.18 Å². The molecule has 1 amide bonds. The number of ether oxygens (including phenoxy) is 1. The summed E-state index contributed by atoms with van der Waals surface area (Å²) in [5, 5.41) is 11.9. The molecular weight excluding hydrogens is 375 g/mol. The van der Waals surface area contributed by atoms with Crippen molar-refractivity contribution in [3.8, 4) is 5.75 Å². The van der Waals surface area contributed by atoms with E-state index in [-0.39, 0.29) is 12.0 Å². The van der Waals surface area contributed by atoms with Gasteiger partial charge in [-0.1, -0.05) is 24.3 Å². The number of carbonyl (C=O) groups is 2. The number of halogens is 1. The number of nitrogens with one attached hydrogen (secondary N) is 1. The van der Waals surface area contributed by atoms with Crippen LogP contribution in [0.3, 0.4) is 0 Å². The quantitative estimate of drug-likeness (QED) is 0.612. The van der Waals surface area contributed by atoms with Gasteiger partial charge in [-0.3, -0.25) is 9.78 Å². The molecule has 7 heteroatoms. The molecule has 1 heterocycles. The molecular formula is C22H19FN2O4. The molecule has 0 fully saturated rings. The summed E-state index contributed by atoms with van der Waals surface area (Å²) in [4.78, 5) is 28.1. The molecule has 2 aromatic carbocycles. The number of carbonyl (C=O) groups excluding carboxylic acids is 1. The molecule has 0 saturated carbocycles. The number of pyridine rings is 1. The topological polar surface area (TPSA) is 88.5 Å². The van der Waals surface area contributed by atoms with Gasteiger partial charge in [-0.05, 0) is 42.0 Å². The Morgan fingerprint density at radius 3 is 2.55 bits per heavy atom. The zero-order chi connectivity index (χ0) is 20.6. The molecule has 0 saturated heterocycles. The average Bonchev–Trinajstić information content (AvgIpc) is 2.74. The predicted octanol–water partition coefficient (Wildman–Crippen LogP) is 3.23. The molecule has 3 aromatic rings. The molecule has 29 heavy (non-hydrogen) atoms. The van der Waals surface area contributed by atoms with E-state index in [4.69, 9.17) is 4.74 Å². The Balaban J connectivity index is 1.65. The number of nitrogens with zero attached hydrogens (tertiary/aromatic N) is 1. The van der Waals surface area contributed by atoms with Crippen LogP contribution < -0.4 is 10.1 Å². The molecule has 6 nitrogen and oxygen atoms in total. The first-order valence-corrected chi connectivity index (χ1v) is 8.91. The van der Waals surface area contributed by atoms with E-state index < -0.39 is 23.7 Å². The van der Waals surface area contributed by atoms with E-state index >= 15 is 0 Å². The first-order chi connectivity index (χ1) is 14.0. The Hall–Kier alpha value is -3.74. The third kappa shape index (κ3) is 5.87. The lowest BCUT2D eigenvalue weighted by Crippen LogP contribution is -2.42. The van der Waals surface area contributed by atoms with Crippen molar-refractivity contribution >= 4 is 11.9 Å². The molecule has 0 spiro atoms. The minimum atomic E-state index is -1.17. The summed E-state index contributed by atoms with van der Waals surface area (Å²) in [7, 11) is 0. The van der Waals surface area contributed by atoms with Gasteiger partial charge < -0.3 is 15.2 Å². The van der Waals surface area contributed by atoms with Crippen molar-refractivity contribution in [1.29, 1.82) is 0 Å². The van der Waals surface area contributed by atoms with Crippen LogP contribution in [0, 0.1) is 5.82 Å². The summed E-state index contributed by atoms with van der Waals surface area (Å²) in [5.41, 5.74) is 1.76. The molecule has 0 radical (unpaired) electrons. The van der Waals surface area contributed by atoms with E-state index in [0.717, 1.165) is 5.56 Å². The number of amides is 1. The molecule has 2 N–H and O–H groups in total. The Kier molecular flexibility index (Phi) is 6.52. The summed E-state index contributed by atoms with van der Waals surface area (Å²) >= 11 is 0. The SMILES string of the molecule is O=C(NC(Cc1ccc(F)cc1)C(=O)O)c1cccc(OCc2cccnc2)c1. The fourth-order valence-electron chi connectivity index (χ4n) is 2.68. The van der Waals surface area contributed by atoms with Crippen LogP contribution in [0.15, 0.2) is 73.1 Å². The summed E-state index contributed by atoms with van der Waals surface area (Å²) in [6.45, 7) is 0.293. The van der Waals surface area contributed by atoms with Crippen LogP contribution in [0.1, 0.15) is 21.5 Å². The van der Waals surface area contributed by atoms with Crippen LogP contribution >= 0.6 is 0 Å². The van der Waals surface area contributed by atoms with Crippen LogP contribution in [-0.4, -0.2) is 28.0 Å². The molecule has 148 valence electrons. The number of benzene rings is 2. The second-order valence-corrected chi connectivity index (χ2v) is 6.37. The number of aliphatic carboxylic acids is 1. The van der Waals surface area contributed by atoms with Gasteiger partial charge in [-0.2, -0.15) is 0 Å². The number of hydrogen-bond donors (Lipinski definition) is 2. The smallest absolute Gasteiger partial charge is 0.326 e. The third-order valence-electron chi connectivity index (χ3n) is 4.18. The molecule has 0 aliphatic carbocycles. The van der Waals surface area contributed by atoms with E-state index in [0.29, 0.717) is 17.9 Å². The zero-order valence-electron chi connectivity index (χ0n) is 15.4. The standard InChI is InChI=1S/C22H19FN2O4/c23-18-8-6-15(7-9-18)11-20(22(27)28)25-21(26)17-4-1-5-19(12-17)29-14-16-3-2-10-24-13-16/h1-10,12-13,20H,11,14H2,(H,25,26)(H,27,28). The highest BCUT2D eigenvalue weighted by Gasteiger charge is 2.21. The summed E-state index contributed by atoms with van der Waals surface area (Å²) in [5.74, 6) is -1.64. The van der Waals surface area contributed by atoms with Crippen molar-refractivity contribution in [3.63, 3.8) is 0 Å². The van der Waals surface area contributed by atoms with Crippen molar-refractivity contribution in [1.82, 2.24) is 10.3 Å². The molecule has 1 aromatic heterocycles. The monoisotopic (exact) mass is 394 g/mol. The fraction of sp³-hybridized carbons (Fsp3) is 0.136. The van der Waals surface area contributed by atoms with Crippen LogP contribution in [0.4, 0.5) is 4.39 Å². The highest BCUT2D eigenvalue weighted by atomic mass is 19.1. The summed E-state index contributed by atoms with van der Waals surface area (Å²) < 4.78 is 18.7. The Bertz CT molecular complexity index is 978. The lowest BCUT2D eigenvalue weighted by Gasteiger charge is -2.15. The fourth-order valence-corrected chi connectivity index (χ4v) is 2.68. The van der Waals surface area contributed by atoms with Gasteiger partial charge in [0.15, 0.2) is 0 Å². The molecule has 0 aliphatic rings. The zero-order valence-corrected chi connectivity index (χ0v) is 15.4. The average molecular weight is 394 g/mol. The van der Waals surface area contributed by atoms with Gasteiger partial charge >= 0.3 is 5.97 Å². The number of rotatable bonds is 8. The van der Waals surface area contributed by atoms with Crippen molar-refractivity contribution in [2.75, 3.05) is 0 Å². The second kappa shape index (κ2) is 9.45. The molecule has 0 aliphatic heterocycles. The lowest BCUT2D eigenvalue weighted by atomic mass is 10.1. The Morgan fingerprint density at radius 1 is 1.07 bits per heavy atom. The van der Waals surface area contributed by atoms with Crippen molar-refractivity contribution < 1.29 is 23.8 Å². The van der Waals surface area contributed by atoms with Gasteiger partial charge in [0.2, 0.25) is 0 Å². The Morgan fingerprint density at radius 2 is 1.86 bits per heavy atom. The van der Waals surface area contributed by atoms with Gasteiger partial charge in [0.1, 0.15) is 24.2 Å². The number of carboxylic acid groups (broad SMARTS) is 1. The number of carboxylic acids is 1. The van der Waals surface area contributed by atoms with E-state index in [1.54, 1.807) is 42.7 Å².